The number of hydrogen-bond acceptors (Lipinski definition) is 3. The molecule has 4 nitrogen and oxygen atoms in total. The van der Waals surface area contributed by atoms with Gasteiger partial charge in [0, 0.05) is 13.6 Å². The second-order valence-corrected chi connectivity index (χ2v) is 4.34. The van der Waals surface area contributed by atoms with E-state index >= 15 is 0 Å². The number of ether oxygens (including phenoxy) is 1. The molecule has 1 atom stereocenters. The van der Waals surface area contributed by atoms with E-state index in [1.807, 2.05) is 34.7 Å². The van der Waals surface area contributed by atoms with Gasteiger partial charge in [-0.15, -0.1) is 0 Å². The molecule has 2 aliphatic heterocycles. The van der Waals surface area contributed by atoms with Gasteiger partial charge in [0.1, 0.15) is 0 Å². The van der Waals surface area contributed by atoms with Crippen molar-refractivity contribution < 1.29 is 9.53 Å². The van der Waals surface area contributed by atoms with Gasteiger partial charge in [-0.05, 0) is 26.4 Å². The fourth-order valence-electron chi connectivity index (χ4n) is 2.42. The van der Waals surface area contributed by atoms with E-state index in [1.165, 1.54) is 0 Å². The third-order valence-electron chi connectivity index (χ3n) is 3.30. The molecule has 0 aromatic carbocycles. The molecule has 1 spiro atoms. The van der Waals surface area contributed by atoms with E-state index in [-0.39, 0.29) is 11.6 Å². The summed E-state index contributed by atoms with van der Waals surface area (Å²) < 4.78 is 5.82. The van der Waals surface area contributed by atoms with Gasteiger partial charge in [-0.25, -0.2) is 0 Å². The van der Waals surface area contributed by atoms with Crippen LogP contribution in [-0.4, -0.2) is 55.2 Å². The Hall–Kier alpha value is -0.610. The van der Waals surface area contributed by atoms with Crippen LogP contribution in [0.2, 0.25) is 0 Å². The third-order valence-corrected chi connectivity index (χ3v) is 3.30. The second kappa shape index (κ2) is 8.48. The van der Waals surface area contributed by atoms with Crippen molar-refractivity contribution in [1.29, 1.82) is 0 Å². The predicted octanol–water partition coefficient (Wildman–Crippen LogP) is 2.34. The highest BCUT2D eigenvalue weighted by Crippen LogP contribution is 2.30. The Morgan fingerprint density at radius 1 is 1.17 bits per heavy atom. The van der Waals surface area contributed by atoms with E-state index in [2.05, 4.69) is 11.9 Å². The summed E-state index contributed by atoms with van der Waals surface area (Å²) in [5.41, 5.74) is -0.331. The van der Waals surface area contributed by atoms with Gasteiger partial charge < -0.3 is 14.5 Å². The van der Waals surface area contributed by atoms with Crippen LogP contribution in [0.15, 0.2) is 0 Å². The Kier molecular flexibility index (Phi) is 8.20. The molecule has 2 fully saturated rings. The largest absolute Gasteiger partial charge is 0.354 e. The Balaban J connectivity index is 0.000000659. The van der Waals surface area contributed by atoms with Crippen LogP contribution in [-0.2, 0) is 9.53 Å². The number of likely N-dealkylation sites (tertiary alicyclic amines) is 1. The van der Waals surface area contributed by atoms with Gasteiger partial charge in [0.25, 0.3) is 0 Å². The van der Waals surface area contributed by atoms with Gasteiger partial charge in [0.15, 0.2) is 5.72 Å². The van der Waals surface area contributed by atoms with Gasteiger partial charge in [-0.3, -0.25) is 4.79 Å². The molecule has 0 radical (unpaired) electrons. The summed E-state index contributed by atoms with van der Waals surface area (Å²) in [6.07, 6.45) is 2.61. The highest BCUT2D eigenvalue weighted by molar-refractivity contribution is 5.77. The van der Waals surface area contributed by atoms with Crippen LogP contribution in [0.3, 0.4) is 0 Å². The number of amides is 1. The van der Waals surface area contributed by atoms with Crippen molar-refractivity contribution in [3.05, 3.63) is 0 Å². The summed E-state index contributed by atoms with van der Waals surface area (Å²) in [6.45, 7) is 10.5. The van der Waals surface area contributed by atoms with E-state index in [1.54, 1.807) is 4.90 Å². The maximum Gasteiger partial charge on any atom is 0.226 e. The second-order valence-electron chi connectivity index (χ2n) is 4.34. The van der Waals surface area contributed by atoms with E-state index in [9.17, 15) is 4.79 Å². The number of rotatable bonds is 0. The zero-order chi connectivity index (χ0) is 14.2. The van der Waals surface area contributed by atoms with Gasteiger partial charge in [0.05, 0.1) is 13.0 Å². The summed E-state index contributed by atoms with van der Waals surface area (Å²) in [6, 6.07) is 0. The van der Waals surface area contributed by atoms with Gasteiger partial charge in [0.2, 0.25) is 5.91 Å². The molecule has 2 aliphatic rings. The molecule has 2 rings (SSSR count). The van der Waals surface area contributed by atoms with Crippen molar-refractivity contribution in [2.75, 3.05) is 33.8 Å². The van der Waals surface area contributed by atoms with Crippen LogP contribution in [0.4, 0.5) is 0 Å². The number of carbonyl (C=O) groups is 1. The van der Waals surface area contributed by atoms with Crippen molar-refractivity contribution in [1.82, 2.24) is 9.80 Å². The molecular formula is C14H30N2O2. The molecule has 1 unspecified atom stereocenters. The van der Waals surface area contributed by atoms with Crippen molar-refractivity contribution in [3.63, 3.8) is 0 Å². The number of nitrogens with zero attached hydrogens (tertiary/aromatic N) is 2. The van der Waals surface area contributed by atoms with Gasteiger partial charge in [-0.2, -0.15) is 0 Å². The molecule has 2 saturated heterocycles. The van der Waals surface area contributed by atoms with Crippen LogP contribution in [0, 0.1) is 0 Å². The van der Waals surface area contributed by atoms with E-state index < -0.39 is 0 Å². The molecule has 0 aromatic rings. The number of piperidine rings is 1. The lowest BCUT2D eigenvalue weighted by molar-refractivity contribution is -0.206. The maximum atomic E-state index is 11.6. The number of hydrogen-bond donors (Lipinski definition) is 0. The molecule has 108 valence electrons. The number of carbonyl (C=O) groups excluding carboxylic acids is 1. The van der Waals surface area contributed by atoms with Crippen LogP contribution in [0.5, 0.6) is 0 Å². The standard InChI is InChI=1S/C10H18N2O2.2C2H6/c1-11-6-3-5-10(8-11)12(2)9(13)4-7-14-10;2*1-2/h3-8H2,1-2H3;2*1-2H3. The minimum Gasteiger partial charge on any atom is -0.354 e. The summed E-state index contributed by atoms with van der Waals surface area (Å²) in [7, 11) is 3.94. The van der Waals surface area contributed by atoms with Gasteiger partial charge in [-0.1, -0.05) is 27.7 Å². The lowest BCUT2D eigenvalue weighted by Gasteiger charge is -2.49. The molecule has 1 amide bonds. The molecule has 0 aromatic heterocycles. The Morgan fingerprint density at radius 3 is 2.33 bits per heavy atom. The SMILES string of the molecule is CC.CC.CN1CCCC2(C1)OCCC(=O)N2C. The molecule has 2 heterocycles. The zero-order valence-electron chi connectivity index (χ0n) is 13.0. The minimum atomic E-state index is -0.331. The molecule has 0 bridgehead atoms. The lowest BCUT2D eigenvalue weighted by atomic mass is 9.98. The Morgan fingerprint density at radius 2 is 1.78 bits per heavy atom. The molecule has 0 saturated carbocycles. The highest BCUT2D eigenvalue weighted by Gasteiger charge is 2.43. The lowest BCUT2D eigenvalue weighted by Crippen LogP contribution is -2.62. The minimum absolute atomic E-state index is 0.214. The van der Waals surface area contributed by atoms with Crippen LogP contribution in [0.1, 0.15) is 47.0 Å². The smallest absolute Gasteiger partial charge is 0.226 e. The van der Waals surface area contributed by atoms with Crippen molar-refractivity contribution in [2.24, 2.45) is 0 Å². The van der Waals surface area contributed by atoms with Crippen molar-refractivity contribution in [3.8, 4) is 0 Å². The first-order chi connectivity index (χ1) is 8.64. The average Bonchev–Trinajstić information content (AvgIpc) is 2.41. The van der Waals surface area contributed by atoms with Crippen LogP contribution < -0.4 is 0 Å². The predicted molar refractivity (Wildman–Crippen MR) is 75.5 cm³/mol. The molecule has 0 N–H and O–H groups in total. The average molecular weight is 258 g/mol. The Labute approximate surface area is 112 Å². The molecular weight excluding hydrogens is 228 g/mol. The quantitative estimate of drug-likeness (QED) is 0.668. The third kappa shape index (κ3) is 3.95. The maximum absolute atomic E-state index is 11.6. The number of likely N-dealkylation sites (N-methyl/N-ethyl adjacent to an activating group) is 2. The zero-order valence-corrected chi connectivity index (χ0v) is 13.0. The first kappa shape index (κ1) is 17.4. The van der Waals surface area contributed by atoms with Crippen LogP contribution in [0.25, 0.3) is 0 Å². The normalized spacial score (nSPS) is 28.1. The summed E-state index contributed by atoms with van der Waals surface area (Å²) in [4.78, 5) is 15.6. The van der Waals surface area contributed by atoms with Crippen LogP contribution >= 0.6 is 0 Å². The van der Waals surface area contributed by atoms with Crippen molar-refractivity contribution >= 4 is 5.91 Å². The Bertz CT molecular complexity index is 242. The van der Waals surface area contributed by atoms with E-state index in [0.29, 0.717) is 13.0 Å². The highest BCUT2D eigenvalue weighted by atomic mass is 16.5. The van der Waals surface area contributed by atoms with E-state index in [0.717, 1.165) is 25.9 Å². The van der Waals surface area contributed by atoms with Gasteiger partial charge >= 0.3 is 0 Å². The van der Waals surface area contributed by atoms with Crippen molar-refractivity contribution in [2.45, 2.75) is 52.7 Å². The summed E-state index contributed by atoms with van der Waals surface area (Å²) >= 11 is 0. The monoisotopic (exact) mass is 258 g/mol. The fraction of sp³-hybridized carbons (Fsp3) is 0.929. The molecule has 18 heavy (non-hydrogen) atoms. The van der Waals surface area contributed by atoms with E-state index in [4.69, 9.17) is 4.74 Å². The first-order valence-corrected chi connectivity index (χ1v) is 7.23. The topological polar surface area (TPSA) is 32.8 Å². The fourth-order valence-corrected chi connectivity index (χ4v) is 2.42. The summed E-state index contributed by atoms with van der Waals surface area (Å²) in [5.74, 6) is 0.214. The molecule has 4 heteroatoms. The molecule has 0 aliphatic carbocycles. The summed E-state index contributed by atoms with van der Waals surface area (Å²) in [5, 5.41) is 0. The first-order valence-electron chi connectivity index (χ1n) is 7.23.